The zero-order chi connectivity index (χ0) is 11.0. The van der Waals surface area contributed by atoms with E-state index in [4.69, 9.17) is 4.43 Å². The van der Waals surface area contributed by atoms with Crippen LogP contribution in [0.25, 0.3) is 0 Å². The van der Waals surface area contributed by atoms with E-state index in [1.54, 1.807) is 0 Å². The molecule has 14 heavy (non-hydrogen) atoms. The van der Waals surface area contributed by atoms with Crippen molar-refractivity contribution in [3.05, 3.63) is 10.1 Å². The van der Waals surface area contributed by atoms with Gasteiger partial charge in [-0.1, -0.05) is 19.8 Å². The van der Waals surface area contributed by atoms with Crippen molar-refractivity contribution in [2.24, 2.45) is 0 Å². The van der Waals surface area contributed by atoms with Crippen molar-refractivity contribution in [1.29, 1.82) is 0 Å². The molecule has 0 amide bonds. The molecule has 0 N–H and O–H groups in total. The Balaban J connectivity index is 3.49. The third-order valence-corrected chi connectivity index (χ3v) is 4.65. The van der Waals surface area contributed by atoms with Gasteiger partial charge in [-0.05, 0) is 19.1 Å². The van der Waals surface area contributed by atoms with Gasteiger partial charge in [-0.25, -0.2) is 0 Å². The van der Waals surface area contributed by atoms with Crippen LogP contribution >= 0.6 is 0 Å². The molecule has 0 heterocycles. The molecule has 4 nitrogen and oxygen atoms in total. The number of hydrogen-bond donors (Lipinski definition) is 0. The molecule has 0 aromatic carbocycles. The molecule has 0 unspecified atom stereocenters. The molecular formula is C9H21NO3Si. The summed E-state index contributed by atoms with van der Waals surface area (Å²) in [4.78, 5) is 9.77. The smallest absolute Gasteiger partial charge is 0.206 e. The third kappa shape index (κ3) is 8.19. The SMILES string of the molecule is CCCC[Si](C)(C)OCCC[N+](=O)[O-]. The van der Waals surface area contributed by atoms with Gasteiger partial charge < -0.3 is 4.43 Å². The largest absolute Gasteiger partial charge is 0.417 e. The van der Waals surface area contributed by atoms with Gasteiger partial charge in [0.05, 0.1) is 0 Å². The maximum atomic E-state index is 10.1. The summed E-state index contributed by atoms with van der Waals surface area (Å²) in [5.41, 5.74) is 0. The fraction of sp³-hybridized carbons (Fsp3) is 1.00. The molecule has 0 aliphatic carbocycles. The van der Waals surface area contributed by atoms with Crippen LogP contribution in [0.1, 0.15) is 26.2 Å². The van der Waals surface area contributed by atoms with E-state index in [-0.39, 0.29) is 11.5 Å². The lowest BCUT2D eigenvalue weighted by Crippen LogP contribution is -2.30. The fourth-order valence-electron chi connectivity index (χ4n) is 1.22. The van der Waals surface area contributed by atoms with Crippen LogP contribution in [0.4, 0.5) is 0 Å². The molecule has 0 aromatic rings. The van der Waals surface area contributed by atoms with Crippen LogP contribution in [0.15, 0.2) is 0 Å². The Morgan fingerprint density at radius 2 is 2.00 bits per heavy atom. The van der Waals surface area contributed by atoms with E-state index in [0.29, 0.717) is 13.0 Å². The summed E-state index contributed by atoms with van der Waals surface area (Å²) in [6, 6.07) is 1.15. The highest BCUT2D eigenvalue weighted by molar-refractivity contribution is 6.71. The summed E-state index contributed by atoms with van der Waals surface area (Å²) in [7, 11) is -1.52. The van der Waals surface area contributed by atoms with E-state index in [1.165, 1.54) is 12.8 Å². The van der Waals surface area contributed by atoms with Crippen molar-refractivity contribution in [2.75, 3.05) is 13.2 Å². The minimum atomic E-state index is -1.52. The van der Waals surface area contributed by atoms with Crippen molar-refractivity contribution in [1.82, 2.24) is 0 Å². The molecular weight excluding hydrogens is 198 g/mol. The predicted octanol–water partition coefficient (Wildman–Crippen LogP) is 2.68. The Morgan fingerprint density at radius 1 is 1.36 bits per heavy atom. The van der Waals surface area contributed by atoms with Gasteiger partial charge in [0, 0.05) is 18.0 Å². The van der Waals surface area contributed by atoms with Crippen LogP contribution < -0.4 is 0 Å². The van der Waals surface area contributed by atoms with E-state index in [9.17, 15) is 10.1 Å². The number of hydrogen-bond acceptors (Lipinski definition) is 3. The highest BCUT2D eigenvalue weighted by Crippen LogP contribution is 2.15. The molecule has 0 aliphatic rings. The summed E-state index contributed by atoms with van der Waals surface area (Å²) in [5.74, 6) is 0. The number of nitro groups is 1. The minimum absolute atomic E-state index is 0.0260. The van der Waals surface area contributed by atoms with Gasteiger partial charge in [0.1, 0.15) is 0 Å². The van der Waals surface area contributed by atoms with Gasteiger partial charge in [-0.3, -0.25) is 10.1 Å². The fourth-order valence-corrected chi connectivity index (χ4v) is 3.26. The number of nitrogens with zero attached hydrogens (tertiary/aromatic N) is 1. The molecule has 0 saturated heterocycles. The third-order valence-electron chi connectivity index (χ3n) is 2.11. The van der Waals surface area contributed by atoms with Gasteiger partial charge >= 0.3 is 0 Å². The highest BCUT2D eigenvalue weighted by atomic mass is 28.4. The topological polar surface area (TPSA) is 52.4 Å². The Kier molecular flexibility index (Phi) is 6.74. The summed E-state index contributed by atoms with van der Waals surface area (Å²) in [6.45, 7) is 7.09. The highest BCUT2D eigenvalue weighted by Gasteiger charge is 2.21. The molecule has 5 heteroatoms. The van der Waals surface area contributed by atoms with E-state index >= 15 is 0 Å². The van der Waals surface area contributed by atoms with Gasteiger partial charge in [-0.15, -0.1) is 0 Å². The zero-order valence-corrected chi connectivity index (χ0v) is 10.4. The summed E-state index contributed by atoms with van der Waals surface area (Å²) >= 11 is 0. The first-order valence-corrected chi connectivity index (χ1v) is 8.35. The Bertz CT molecular complexity index is 173. The average Bonchev–Trinajstić information content (AvgIpc) is 2.09. The maximum absolute atomic E-state index is 10.1. The van der Waals surface area contributed by atoms with Crippen LogP contribution in [-0.2, 0) is 4.43 Å². The normalized spacial score (nSPS) is 11.6. The minimum Gasteiger partial charge on any atom is -0.417 e. The molecule has 0 spiro atoms. The van der Waals surface area contributed by atoms with E-state index in [2.05, 4.69) is 20.0 Å². The summed E-state index contributed by atoms with van der Waals surface area (Å²) < 4.78 is 5.72. The van der Waals surface area contributed by atoms with Crippen molar-refractivity contribution in [2.45, 2.75) is 45.3 Å². The molecule has 0 radical (unpaired) electrons. The van der Waals surface area contributed by atoms with E-state index in [0.717, 1.165) is 6.04 Å². The van der Waals surface area contributed by atoms with Gasteiger partial charge in [0.25, 0.3) is 0 Å². The molecule has 0 saturated carbocycles. The second kappa shape index (κ2) is 6.95. The molecule has 0 aromatic heterocycles. The van der Waals surface area contributed by atoms with Crippen LogP contribution in [0.2, 0.25) is 19.1 Å². The van der Waals surface area contributed by atoms with E-state index < -0.39 is 8.32 Å². The second-order valence-electron chi connectivity index (χ2n) is 4.12. The summed E-state index contributed by atoms with van der Waals surface area (Å²) in [5, 5.41) is 10.1. The number of rotatable bonds is 8. The number of unbranched alkanes of at least 4 members (excludes halogenated alkanes) is 1. The van der Waals surface area contributed by atoms with Crippen molar-refractivity contribution in [3.63, 3.8) is 0 Å². The molecule has 0 bridgehead atoms. The molecule has 84 valence electrons. The quantitative estimate of drug-likeness (QED) is 0.273. The van der Waals surface area contributed by atoms with E-state index in [1.807, 2.05) is 0 Å². The van der Waals surface area contributed by atoms with Crippen molar-refractivity contribution >= 4 is 8.32 Å². The first-order valence-electron chi connectivity index (χ1n) is 5.23. The lowest BCUT2D eigenvalue weighted by atomic mass is 10.4. The summed E-state index contributed by atoms with van der Waals surface area (Å²) in [6.07, 6.45) is 2.93. The average molecular weight is 219 g/mol. The zero-order valence-electron chi connectivity index (χ0n) is 9.41. The van der Waals surface area contributed by atoms with Crippen LogP contribution in [0.3, 0.4) is 0 Å². The Hall–Kier alpha value is -0.423. The van der Waals surface area contributed by atoms with Crippen LogP contribution in [0.5, 0.6) is 0 Å². The van der Waals surface area contributed by atoms with Gasteiger partial charge in [0.2, 0.25) is 6.54 Å². The second-order valence-corrected chi connectivity index (χ2v) is 8.43. The molecule has 0 fully saturated rings. The molecule has 0 aliphatic heterocycles. The van der Waals surface area contributed by atoms with Crippen molar-refractivity contribution in [3.8, 4) is 0 Å². The first-order chi connectivity index (χ1) is 6.48. The lowest BCUT2D eigenvalue weighted by Gasteiger charge is -2.22. The Morgan fingerprint density at radius 3 is 2.50 bits per heavy atom. The lowest BCUT2D eigenvalue weighted by molar-refractivity contribution is -0.480. The molecule has 0 atom stereocenters. The van der Waals surface area contributed by atoms with Crippen LogP contribution in [0, 0.1) is 10.1 Å². The van der Waals surface area contributed by atoms with Gasteiger partial charge in [0.15, 0.2) is 8.32 Å². The monoisotopic (exact) mass is 219 g/mol. The van der Waals surface area contributed by atoms with Crippen molar-refractivity contribution < 1.29 is 9.35 Å². The first kappa shape index (κ1) is 13.6. The predicted molar refractivity (Wildman–Crippen MR) is 59.6 cm³/mol. The maximum Gasteiger partial charge on any atom is 0.206 e. The van der Waals surface area contributed by atoms with Crippen LogP contribution in [-0.4, -0.2) is 26.4 Å². The Labute approximate surface area is 86.9 Å². The standard InChI is InChI=1S/C9H21NO3Si/c1-4-5-9-14(2,3)13-8-6-7-10(11)12/h4-9H2,1-3H3. The molecule has 0 rings (SSSR count). The van der Waals surface area contributed by atoms with Gasteiger partial charge in [-0.2, -0.15) is 0 Å².